The molecule has 2 amide bonds. The first-order valence-corrected chi connectivity index (χ1v) is 7.63. The van der Waals surface area contributed by atoms with Gasteiger partial charge in [-0.1, -0.05) is 20.8 Å². The van der Waals surface area contributed by atoms with E-state index in [0.717, 1.165) is 26.2 Å². The number of carbonyl (C=O) groups is 2. The number of amides is 2. The maximum atomic E-state index is 12.1. The summed E-state index contributed by atoms with van der Waals surface area (Å²) in [5, 5.41) is 2.90. The monoisotopic (exact) mass is 298 g/mol. The number of nitrogens with one attached hydrogen (secondary N) is 1. The average molecular weight is 298 g/mol. The summed E-state index contributed by atoms with van der Waals surface area (Å²) in [4.78, 5) is 30.0. The zero-order chi connectivity index (χ0) is 16.0. The molecule has 122 valence electrons. The van der Waals surface area contributed by atoms with Crippen LogP contribution in [0.5, 0.6) is 0 Å². The Morgan fingerprint density at radius 1 is 1.14 bits per heavy atom. The van der Waals surface area contributed by atoms with E-state index in [2.05, 4.69) is 17.3 Å². The van der Waals surface area contributed by atoms with Crippen molar-refractivity contribution in [2.75, 3.05) is 59.9 Å². The molecule has 21 heavy (non-hydrogen) atoms. The van der Waals surface area contributed by atoms with Crippen molar-refractivity contribution in [3.63, 3.8) is 0 Å². The van der Waals surface area contributed by atoms with Crippen LogP contribution >= 0.6 is 0 Å². The Morgan fingerprint density at radius 2 is 1.71 bits per heavy atom. The van der Waals surface area contributed by atoms with Crippen molar-refractivity contribution in [1.29, 1.82) is 0 Å². The Balaban J connectivity index is 2.23. The molecule has 6 nitrogen and oxygen atoms in total. The van der Waals surface area contributed by atoms with E-state index < -0.39 is 0 Å². The lowest BCUT2D eigenvalue weighted by atomic mass is 9.96. The lowest BCUT2D eigenvalue weighted by molar-refractivity contribution is -0.133. The highest BCUT2D eigenvalue weighted by Gasteiger charge is 2.22. The molecule has 0 radical (unpaired) electrons. The summed E-state index contributed by atoms with van der Waals surface area (Å²) in [5.74, 6) is 0.217. The minimum Gasteiger partial charge on any atom is -0.354 e. The van der Waals surface area contributed by atoms with Gasteiger partial charge in [0.1, 0.15) is 0 Å². The SMILES string of the molecule is CN1CCN(C(=O)CN(C)CCNC(=O)C(C)(C)C)CC1. The van der Waals surface area contributed by atoms with Crippen molar-refractivity contribution in [3.05, 3.63) is 0 Å². The predicted molar refractivity (Wildman–Crippen MR) is 84.0 cm³/mol. The highest BCUT2D eigenvalue weighted by atomic mass is 16.2. The van der Waals surface area contributed by atoms with E-state index in [-0.39, 0.29) is 17.2 Å². The Labute approximate surface area is 128 Å². The second kappa shape index (κ2) is 7.75. The summed E-state index contributed by atoms with van der Waals surface area (Å²) in [6, 6.07) is 0. The molecule has 1 heterocycles. The molecule has 0 saturated carbocycles. The fraction of sp³-hybridized carbons (Fsp3) is 0.867. The second-order valence-electron chi connectivity index (χ2n) is 6.93. The summed E-state index contributed by atoms with van der Waals surface area (Å²) in [6.45, 7) is 10.8. The van der Waals surface area contributed by atoms with Crippen molar-refractivity contribution in [1.82, 2.24) is 20.0 Å². The first kappa shape index (κ1) is 17.9. The zero-order valence-corrected chi connectivity index (χ0v) is 14.1. The van der Waals surface area contributed by atoms with Gasteiger partial charge in [0.2, 0.25) is 11.8 Å². The van der Waals surface area contributed by atoms with E-state index in [4.69, 9.17) is 0 Å². The molecule has 1 rings (SSSR count). The van der Waals surface area contributed by atoms with Gasteiger partial charge in [0, 0.05) is 44.7 Å². The molecule has 1 aliphatic rings. The van der Waals surface area contributed by atoms with Gasteiger partial charge < -0.3 is 15.1 Å². The molecule has 0 aromatic carbocycles. The average Bonchev–Trinajstić information content (AvgIpc) is 2.38. The Hall–Kier alpha value is -1.14. The van der Waals surface area contributed by atoms with Gasteiger partial charge in [-0.25, -0.2) is 0 Å². The van der Waals surface area contributed by atoms with Crippen LogP contribution < -0.4 is 5.32 Å². The van der Waals surface area contributed by atoms with Crippen molar-refractivity contribution in [2.45, 2.75) is 20.8 Å². The number of likely N-dealkylation sites (N-methyl/N-ethyl adjacent to an activating group) is 2. The number of hydrogen-bond acceptors (Lipinski definition) is 4. The summed E-state index contributed by atoms with van der Waals surface area (Å²) in [6.07, 6.45) is 0. The third kappa shape index (κ3) is 6.44. The number of hydrogen-bond donors (Lipinski definition) is 1. The van der Waals surface area contributed by atoms with Gasteiger partial charge in [0.05, 0.1) is 6.54 Å². The summed E-state index contributed by atoms with van der Waals surface area (Å²) in [7, 11) is 3.99. The number of piperazine rings is 1. The van der Waals surface area contributed by atoms with Crippen molar-refractivity contribution in [2.24, 2.45) is 5.41 Å². The summed E-state index contributed by atoms with van der Waals surface area (Å²) >= 11 is 0. The molecule has 0 aromatic rings. The molecule has 0 atom stereocenters. The number of carbonyl (C=O) groups excluding carboxylic acids is 2. The van der Waals surface area contributed by atoms with Crippen LogP contribution in [0, 0.1) is 5.41 Å². The van der Waals surface area contributed by atoms with Crippen LogP contribution in [0.1, 0.15) is 20.8 Å². The third-order valence-electron chi connectivity index (χ3n) is 3.72. The van der Waals surface area contributed by atoms with Gasteiger partial charge in [-0.3, -0.25) is 14.5 Å². The van der Waals surface area contributed by atoms with Gasteiger partial charge >= 0.3 is 0 Å². The van der Waals surface area contributed by atoms with Crippen LogP contribution in [0.15, 0.2) is 0 Å². The van der Waals surface area contributed by atoms with Crippen LogP contribution in [0.25, 0.3) is 0 Å². The summed E-state index contributed by atoms with van der Waals surface area (Å²) in [5.41, 5.74) is -0.367. The first-order valence-electron chi connectivity index (χ1n) is 7.63. The van der Waals surface area contributed by atoms with Crippen molar-refractivity contribution < 1.29 is 9.59 Å². The molecule has 1 N–H and O–H groups in total. The maximum Gasteiger partial charge on any atom is 0.236 e. The molecule has 1 aliphatic heterocycles. The van der Waals surface area contributed by atoms with E-state index in [1.165, 1.54) is 0 Å². The molecule has 0 bridgehead atoms. The van der Waals surface area contributed by atoms with Crippen LogP contribution in [-0.2, 0) is 9.59 Å². The first-order chi connectivity index (χ1) is 9.70. The minimum atomic E-state index is -0.367. The Kier molecular flexibility index (Phi) is 6.61. The maximum absolute atomic E-state index is 12.1. The molecule has 0 aromatic heterocycles. The van der Waals surface area contributed by atoms with Gasteiger partial charge in [0.15, 0.2) is 0 Å². The van der Waals surface area contributed by atoms with E-state index >= 15 is 0 Å². The quantitative estimate of drug-likeness (QED) is 0.767. The van der Waals surface area contributed by atoms with Crippen LogP contribution in [0.2, 0.25) is 0 Å². The third-order valence-corrected chi connectivity index (χ3v) is 3.72. The lowest BCUT2D eigenvalue weighted by Gasteiger charge is -2.33. The molecular formula is C15H30N4O2. The second-order valence-corrected chi connectivity index (χ2v) is 6.93. The normalized spacial score (nSPS) is 17.1. The van der Waals surface area contributed by atoms with E-state index in [9.17, 15) is 9.59 Å². The largest absolute Gasteiger partial charge is 0.354 e. The molecular weight excluding hydrogens is 268 g/mol. The van der Waals surface area contributed by atoms with Gasteiger partial charge in [0.25, 0.3) is 0 Å². The van der Waals surface area contributed by atoms with Gasteiger partial charge in [-0.15, -0.1) is 0 Å². The zero-order valence-electron chi connectivity index (χ0n) is 14.1. The van der Waals surface area contributed by atoms with Crippen LogP contribution in [0.4, 0.5) is 0 Å². The highest BCUT2D eigenvalue weighted by Crippen LogP contribution is 2.11. The van der Waals surface area contributed by atoms with E-state index in [1.807, 2.05) is 37.6 Å². The van der Waals surface area contributed by atoms with E-state index in [0.29, 0.717) is 19.6 Å². The van der Waals surface area contributed by atoms with Crippen molar-refractivity contribution >= 4 is 11.8 Å². The van der Waals surface area contributed by atoms with Gasteiger partial charge in [-0.2, -0.15) is 0 Å². The lowest BCUT2D eigenvalue weighted by Crippen LogP contribution is -2.50. The Bertz CT molecular complexity index is 357. The molecule has 0 aliphatic carbocycles. The van der Waals surface area contributed by atoms with Crippen LogP contribution in [-0.4, -0.2) is 86.4 Å². The van der Waals surface area contributed by atoms with Gasteiger partial charge in [-0.05, 0) is 14.1 Å². The predicted octanol–water partition coefficient (Wildman–Crippen LogP) is -0.145. The van der Waals surface area contributed by atoms with E-state index in [1.54, 1.807) is 0 Å². The fourth-order valence-electron chi connectivity index (χ4n) is 2.09. The number of nitrogens with zero attached hydrogens (tertiary/aromatic N) is 3. The smallest absolute Gasteiger partial charge is 0.236 e. The molecule has 1 fully saturated rings. The Morgan fingerprint density at radius 3 is 2.24 bits per heavy atom. The number of rotatable bonds is 5. The summed E-state index contributed by atoms with van der Waals surface area (Å²) < 4.78 is 0. The topological polar surface area (TPSA) is 55.9 Å². The minimum absolute atomic E-state index is 0.0429. The molecule has 0 spiro atoms. The molecule has 1 saturated heterocycles. The van der Waals surface area contributed by atoms with Crippen LogP contribution in [0.3, 0.4) is 0 Å². The standard InChI is InChI=1S/C15H30N4O2/c1-15(2,3)14(21)16-6-7-18(5)12-13(20)19-10-8-17(4)9-11-19/h6-12H2,1-5H3,(H,16,21). The fourth-order valence-corrected chi connectivity index (χ4v) is 2.09. The van der Waals surface area contributed by atoms with Crippen molar-refractivity contribution in [3.8, 4) is 0 Å². The molecule has 6 heteroatoms. The molecule has 0 unspecified atom stereocenters. The highest BCUT2D eigenvalue weighted by molar-refractivity contribution is 5.81.